The van der Waals surface area contributed by atoms with E-state index in [1.165, 1.54) is 0 Å². The molecule has 1 fully saturated rings. The first kappa shape index (κ1) is 21.1. The number of aromatic nitrogens is 4. The smallest absolute Gasteiger partial charge is 0.269 e. The van der Waals surface area contributed by atoms with Crippen LogP contribution in [0, 0.1) is 6.92 Å². The zero-order valence-corrected chi connectivity index (χ0v) is 18.6. The largest absolute Gasteiger partial charge is 0.349 e. The Kier molecular flexibility index (Phi) is 6.58. The van der Waals surface area contributed by atoms with E-state index in [1.807, 2.05) is 18.7 Å². The number of likely N-dealkylation sites (tertiary alicyclic amines) is 1. The predicted molar refractivity (Wildman–Crippen MR) is 118 cm³/mol. The second-order valence-corrected chi connectivity index (χ2v) is 9.28. The maximum Gasteiger partial charge on any atom is 0.269 e. The van der Waals surface area contributed by atoms with Crippen molar-refractivity contribution in [3.05, 3.63) is 45.1 Å². The third-order valence-corrected chi connectivity index (χ3v) is 6.99. The van der Waals surface area contributed by atoms with E-state index in [1.54, 1.807) is 28.5 Å². The minimum atomic E-state index is -0.0888. The summed E-state index contributed by atoms with van der Waals surface area (Å²) in [6.07, 6.45) is 4.30. The highest BCUT2D eigenvalue weighted by Gasteiger charge is 2.24. The first-order chi connectivity index (χ1) is 14.5. The SMILES string of the molecule is Cc1cc(C(=O)NCC2CCCCN2CCn2nc3c(cc2=O)CSCC3)n(C)n1. The Morgan fingerprint density at radius 1 is 1.27 bits per heavy atom. The van der Waals surface area contributed by atoms with Gasteiger partial charge in [0.05, 0.1) is 17.9 Å². The van der Waals surface area contributed by atoms with E-state index in [0.29, 0.717) is 18.8 Å². The molecule has 2 aliphatic heterocycles. The number of aryl methyl sites for hydroxylation is 3. The lowest BCUT2D eigenvalue weighted by Crippen LogP contribution is -2.48. The van der Waals surface area contributed by atoms with Gasteiger partial charge >= 0.3 is 0 Å². The van der Waals surface area contributed by atoms with Gasteiger partial charge in [-0.25, -0.2) is 4.68 Å². The Balaban J connectivity index is 1.36. The normalized spacial score (nSPS) is 19.5. The van der Waals surface area contributed by atoms with Gasteiger partial charge in [0.15, 0.2) is 0 Å². The zero-order valence-electron chi connectivity index (χ0n) is 17.8. The summed E-state index contributed by atoms with van der Waals surface area (Å²) >= 11 is 1.86. The van der Waals surface area contributed by atoms with Gasteiger partial charge in [-0.15, -0.1) is 0 Å². The van der Waals surface area contributed by atoms with Crippen molar-refractivity contribution < 1.29 is 4.79 Å². The molecule has 162 valence electrons. The minimum Gasteiger partial charge on any atom is -0.349 e. The standard InChI is InChI=1S/C21H30N6O2S/c1-15-11-19(25(2)23-15)21(29)22-13-17-5-3-4-7-26(17)8-9-27-20(28)12-16-14-30-10-6-18(16)24-27/h11-12,17H,3-10,13-14H2,1-2H3,(H,22,29). The molecule has 0 saturated carbocycles. The average Bonchev–Trinajstić information content (AvgIpc) is 3.09. The van der Waals surface area contributed by atoms with Crippen molar-refractivity contribution in [2.45, 2.75) is 50.9 Å². The lowest BCUT2D eigenvalue weighted by molar-refractivity contribution is 0.0900. The maximum absolute atomic E-state index is 12.5. The van der Waals surface area contributed by atoms with Gasteiger partial charge < -0.3 is 5.32 Å². The molecule has 0 bridgehead atoms. The Morgan fingerprint density at radius 2 is 2.13 bits per heavy atom. The first-order valence-electron chi connectivity index (χ1n) is 10.7. The molecule has 2 aliphatic rings. The molecule has 1 unspecified atom stereocenters. The number of piperidine rings is 1. The van der Waals surface area contributed by atoms with E-state index < -0.39 is 0 Å². The summed E-state index contributed by atoms with van der Waals surface area (Å²) in [5.41, 5.74) is 3.57. The molecule has 8 nitrogen and oxygen atoms in total. The molecule has 1 saturated heterocycles. The molecule has 0 aliphatic carbocycles. The number of rotatable bonds is 6. The molecular formula is C21H30N6O2S. The number of fused-ring (bicyclic) bond motifs is 1. The maximum atomic E-state index is 12.5. The molecule has 1 amide bonds. The summed E-state index contributed by atoms with van der Waals surface area (Å²) in [6.45, 7) is 4.83. The lowest BCUT2D eigenvalue weighted by atomic mass is 10.0. The summed E-state index contributed by atoms with van der Waals surface area (Å²) in [7, 11) is 1.79. The second-order valence-electron chi connectivity index (χ2n) is 8.17. The summed E-state index contributed by atoms with van der Waals surface area (Å²) < 4.78 is 3.24. The van der Waals surface area contributed by atoms with Crippen LogP contribution in [0.3, 0.4) is 0 Å². The van der Waals surface area contributed by atoms with Crippen LogP contribution in [-0.4, -0.2) is 61.8 Å². The lowest BCUT2D eigenvalue weighted by Gasteiger charge is -2.35. The predicted octanol–water partition coefficient (Wildman–Crippen LogP) is 1.36. The van der Waals surface area contributed by atoms with Gasteiger partial charge in [-0.2, -0.15) is 22.0 Å². The van der Waals surface area contributed by atoms with E-state index in [0.717, 1.165) is 67.2 Å². The topological polar surface area (TPSA) is 85.0 Å². The minimum absolute atomic E-state index is 0.00955. The van der Waals surface area contributed by atoms with Crippen molar-refractivity contribution in [1.82, 2.24) is 29.8 Å². The fraction of sp³-hybridized carbons (Fsp3) is 0.619. The fourth-order valence-corrected chi connectivity index (χ4v) is 5.30. The van der Waals surface area contributed by atoms with Crippen molar-refractivity contribution >= 4 is 17.7 Å². The molecule has 0 radical (unpaired) electrons. The number of nitrogens with one attached hydrogen (secondary N) is 1. The average molecular weight is 431 g/mol. The van der Waals surface area contributed by atoms with E-state index in [9.17, 15) is 9.59 Å². The highest BCUT2D eigenvalue weighted by atomic mass is 32.2. The summed E-state index contributed by atoms with van der Waals surface area (Å²) in [6, 6.07) is 3.85. The molecule has 2 aromatic rings. The first-order valence-corrected chi connectivity index (χ1v) is 11.9. The van der Waals surface area contributed by atoms with E-state index >= 15 is 0 Å². The highest BCUT2D eigenvalue weighted by molar-refractivity contribution is 7.98. The second kappa shape index (κ2) is 9.34. The Hall–Kier alpha value is -2.13. The van der Waals surface area contributed by atoms with Crippen LogP contribution >= 0.6 is 11.8 Å². The molecule has 30 heavy (non-hydrogen) atoms. The number of nitrogens with zero attached hydrogens (tertiary/aromatic N) is 5. The highest BCUT2D eigenvalue weighted by Crippen LogP contribution is 2.21. The van der Waals surface area contributed by atoms with Crippen LogP contribution in [-0.2, 0) is 25.8 Å². The van der Waals surface area contributed by atoms with Gasteiger partial charge in [-0.05, 0) is 43.7 Å². The van der Waals surface area contributed by atoms with Crippen LogP contribution in [0.1, 0.15) is 46.7 Å². The van der Waals surface area contributed by atoms with Crippen molar-refractivity contribution in [3.8, 4) is 0 Å². The van der Waals surface area contributed by atoms with Gasteiger partial charge in [0.2, 0.25) is 0 Å². The number of carbonyl (C=O) groups excluding carboxylic acids is 1. The summed E-state index contributed by atoms with van der Waals surface area (Å²) in [4.78, 5) is 27.4. The van der Waals surface area contributed by atoms with Crippen molar-refractivity contribution in [2.24, 2.45) is 7.05 Å². The van der Waals surface area contributed by atoms with Gasteiger partial charge in [0, 0.05) is 44.4 Å². The third-order valence-electron chi connectivity index (χ3n) is 5.99. The van der Waals surface area contributed by atoms with Crippen molar-refractivity contribution in [3.63, 3.8) is 0 Å². The summed E-state index contributed by atoms with van der Waals surface area (Å²) in [5.74, 6) is 1.87. The molecule has 0 aromatic carbocycles. The molecular weight excluding hydrogens is 400 g/mol. The van der Waals surface area contributed by atoms with Crippen molar-refractivity contribution in [1.29, 1.82) is 0 Å². The number of hydrogen-bond acceptors (Lipinski definition) is 6. The fourth-order valence-electron chi connectivity index (χ4n) is 4.35. The van der Waals surface area contributed by atoms with Crippen LogP contribution in [0.15, 0.2) is 16.9 Å². The molecule has 2 aromatic heterocycles. The quantitative estimate of drug-likeness (QED) is 0.745. The van der Waals surface area contributed by atoms with Crippen LogP contribution in [0.25, 0.3) is 0 Å². The molecule has 4 heterocycles. The molecule has 1 atom stereocenters. The van der Waals surface area contributed by atoms with Crippen LogP contribution in [0.2, 0.25) is 0 Å². The number of hydrogen-bond donors (Lipinski definition) is 1. The van der Waals surface area contributed by atoms with Gasteiger partial charge in [0.25, 0.3) is 11.5 Å². The third kappa shape index (κ3) is 4.78. The van der Waals surface area contributed by atoms with E-state index in [4.69, 9.17) is 0 Å². The Morgan fingerprint density at radius 3 is 2.93 bits per heavy atom. The molecule has 0 spiro atoms. The van der Waals surface area contributed by atoms with Gasteiger partial charge in [0.1, 0.15) is 5.69 Å². The number of carbonyl (C=O) groups is 1. The van der Waals surface area contributed by atoms with Gasteiger partial charge in [-0.1, -0.05) is 6.42 Å². The van der Waals surface area contributed by atoms with Gasteiger partial charge in [-0.3, -0.25) is 19.2 Å². The Bertz CT molecular complexity index is 969. The van der Waals surface area contributed by atoms with Crippen LogP contribution in [0.4, 0.5) is 0 Å². The summed E-state index contributed by atoms with van der Waals surface area (Å²) in [5, 5.41) is 12.0. The zero-order chi connectivity index (χ0) is 21.1. The monoisotopic (exact) mass is 430 g/mol. The molecule has 4 rings (SSSR count). The van der Waals surface area contributed by atoms with E-state index in [-0.39, 0.29) is 17.5 Å². The number of thioether (sulfide) groups is 1. The van der Waals surface area contributed by atoms with Crippen molar-refractivity contribution in [2.75, 3.05) is 25.4 Å². The van der Waals surface area contributed by atoms with E-state index in [2.05, 4.69) is 20.4 Å². The van der Waals surface area contributed by atoms with Crippen LogP contribution < -0.4 is 10.9 Å². The number of amides is 1. The molecule has 1 N–H and O–H groups in total. The van der Waals surface area contributed by atoms with Crippen LogP contribution in [0.5, 0.6) is 0 Å². The molecule has 9 heteroatoms. The Labute approximate surface area is 181 Å².